The van der Waals surface area contributed by atoms with Gasteiger partial charge < -0.3 is 0 Å². The van der Waals surface area contributed by atoms with Gasteiger partial charge in [0.25, 0.3) is 0 Å². The number of aromatic nitrogens is 2. The number of carbonyl (C=O) groups excluding carboxylic acids is 1. The molecule has 1 heterocycles. The van der Waals surface area contributed by atoms with Crippen molar-refractivity contribution < 1.29 is 13.2 Å². The Labute approximate surface area is 136 Å². The van der Waals surface area contributed by atoms with Crippen molar-refractivity contribution in [3.63, 3.8) is 0 Å². The summed E-state index contributed by atoms with van der Waals surface area (Å²) in [6.07, 6.45) is 0. The number of aryl methyl sites for hydroxylation is 1. The Morgan fingerprint density at radius 1 is 1.27 bits per heavy atom. The first kappa shape index (κ1) is 16.8. The molecule has 1 aromatic heterocycles. The summed E-state index contributed by atoms with van der Waals surface area (Å²) in [4.78, 5) is 12.0. The van der Waals surface area contributed by atoms with Gasteiger partial charge in [0.2, 0.25) is 21.1 Å². The third-order valence-electron chi connectivity index (χ3n) is 2.61. The molecule has 2 N–H and O–H groups in total. The van der Waals surface area contributed by atoms with E-state index in [2.05, 4.69) is 20.2 Å². The van der Waals surface area contributed by atoms with Crippen LogP contribution in [0.2, 0.25) is 5.02 Å². The maximum atomic E-state index is 12.2. The van der Waals surface area contributed by atoms with Crippen molar-refractivity contribution in [3.8, 4) is 0 Å². The topological polar surface area (TPSA) is 101 Å². The van der Waals surface area contributed by atoms with Gasteiger partial charge in [0.1, 0.15) is 5.01 Å². The monoisotopic (exact) mass is 360 g/mol. The maximum absolute atomic E-state index is 12.2. The molecule has 2 rings (SSSR count). The highest BCUT2D eigenvalue weighted by Crippen LogP contribution is 2.16. The molecule has 0 bridgehead atoms. The lowest BCUT2D eigenvalue weighted by Crippen LogP contribution is -2.41. The lowest BCUT2D eigenvalue weighted by molar-refractivity contribution is -0.117. The van der Waals surface area contributed by atoms with E-state index < -0.39 is 22.0 Å². The number of halogens is 1. The zero-order valence-electron chi connectivity index (χ0n) is 11.7. The molecular weight excluding hydrogens is 348 g/mol. The van der Waals surface area contributed by atoms with Crippen LogP contribution in [0.25, 0.3) is 0 Å². The number of anilines is 1. The van der Waals surface area contributed by atoms with Crippen LogP contribution in [0.1, 0.15) is 11.9 Å². The highest BCUT2D eigenvalue weighted by atomic mass is 35.5. The van der Waals surface area contributed by atoms with Crippen LogP contribution in [0.3, 0.4) is 0 Å². The number of sulfonamides is 1. The molecule has 118 valence electrons. The first-order valence-corrected chi connectivity index (χ1v) is 8.84. The lowest BCUT2D eigenvalue weighted by atomic mass is 10.3. The molecule has 0 aliphatic heterocycles. The summed E-state index contributed by atoms with van der Waals surface area (Å²) in [6.45, 7) is 3.19. The molecule has 0 aliphatic carbocycles. The third-order valence-corrected chi connectivity index (χ3v) is 5.17. The smallest absolute Gasteiger partial charge is 0.244 e. The second kappa shape index (κ2) is 6.69. The Bertz CT molecular complexity index is 774. The summed E-state index contributed by atoms with van der Waals surface area (Å²) in [7, 11) is -3.81. The van der Waals surface area contributed by atoms with E-state index in [1.54, 1.807) is 6.92 Å². The van der Waals surface area contributed by atoms with Crippen molar-refractivity contribution in [2.75, 3.05) is 5.32 Å². The quantitative estimate of drug-likeness (QED) is 0.846. The van der Waals surface area contributed by atoms with E-state index in [1.165, 1.54) is 42.5 Å². The van der Waals surface area contributed by atoms with E-state index in [9.17, 15) is 13.2 Å². The Hall–Kier alpha value is -1.55. The summed E-state index contributed by atoms with van der Waals surface area (Å²) >= 11 is 6.92. The van der Waals surface area contributed by atoms with Gasteiger partial charge >= 0.3 is 0 Å². The Morgan fingerprint density at radius 2 is 1.91 bits per heavy atom. The number of nitrogens with one attached hydrogen (secondary N) is 2. The summed E-state index contributed by atoms with van der Waals surface area (Å²) < 4.78 is 26.6. The maximum Gasteiger partial charge on any atom is 0.244 e. The van der Waals surface area contributed by atoms with Gasteiger partial charge in [0, 0.05) is 5.02 Å². The minimum atomic E-state index is -3.81. The molecule has 0 saturated heterocycles. The van der Waals surface area contributed by atoms with Crippen molar-refractivity contribution in [2.24, 2.45) is 0 Å². The van der Waals surface area contributed by atoms with Crippen LogP contribution >= 0.6 is 22.9 Å². The van der Waals surface area contributed by atoms with Crippen molar-refractivity contribution >= 4 is 44.0 Å². The average molecular weight is 361 g/mol. The first-order valence-electron chi connectivity index (χ1n) is 6.17. The molecule has 0 spiro atoms. The fraction of sp³-hybridized carbons (Fsp3) is 0.250. The molecule has 7 nitrogen and oxygen atoms in total. The SMILES string of the molecule is Cc1nnc(NC(=O)C(C)NS(=O)(=O)c2ccc(Cl)cc2)s1. The summed E-state index contributed by atoms with van der Waals surface area (Å²) in [5, 5.41) is 11.5. The predicted octanol–water partition coefficient (Wildman–Crippen LogP) is 1.81. The van der Waals surface area contributed by atoms with Crippen LogP contribution < -0.4 is 10.0 Å². The zero-order valence-corrected chi connectivity index (χ0v) is 14.1. The van der Waals surface area contributed by atoms with Gasteiger partial charge in [-0.3, -0.25) is 10.1 Å². The molecule has 0 radical (unpaired) electrons. The number of hydrogen-bond acceptors (Lipinski definition) is 6. The van der Waals surface area contributed by atoms with E-state index in [0.717, 1.165) is 0 Å². The normalized spacial score (nSPS) is 12.9. The van der Waals surface area contributed by atoms with Crippen molar-refractivity contribution in [3.05, 3.63) is 34.3 Å². The van der Waals surface area contributed by atoms with Crippen LogP contribution in [0.5, 0.6) is 0 Å². The molecule has 2 aromatic rings. The van der Waals surface area contributed by atoms with E-state index in [-0.39, 0.29) is 4.90 Å². The number of amides is 1. The van der Waals surface area contributed by atoms with Crippen LogP contribution in [0.4, 0.5) is 5.13 Å². The van der Waals surface area contributed by atoms with Crippen molar-refractivity contribution in [1.29, 1.82) is 0 Å². The van der Waals surface area contributed by atoms with Crippen LogP contribution in [-0.4, -0.2) is 30.6 Å². The minimum absolute atomic E-state index is 0.0308. The van der Waals surface area contributed by atoms with Gasteiger partial charge in [0.05, 0.1) is 10.9 Å². The molecule has 0 saturated carbocycles. The number of hydrogen-bond donors (Lipinski definition) is 2. The third kappa shape index (κ3) is 4.23. The second-order valence-corrected chi connectivity index (χ2v) is 7.74. The fourth-order valence-corrected chi connectivity index (χ4v) is 3.45. The standard InChI is InChI=1S/C12H13ClN4O3S2/c1-7(11(18)14-12-16-15-8(2)21-12)17-22(19,20)10-5-3-9(13)4-6-10/h3-7,17H,1-2H3,(H,14,16,18). The highest BCUT2D eigenvalue weighted by molar-refractivity contribution is 7.89. The van der Waals surface area contributed by atoms with Gasteiger partial charge in [-0.1, -0.05) is 22.9 Å². The summed E-state index contributed by atoms with van der Waals surface area (Å²) in [5.74, 6) is -0.520. The Balaban J connectivity index is 2.05. The fourth-order valence-electron chi connectivity index (χ4n) is 1.53. The summed E-state index contributed by atoms with van der Waals surface area (Å²) in [5.41, 5.74) is 0. The van der Waals surface area contributed by atoms with E-state index >= 15 is 0 Å². The van der Waals surface area contributed by atoms with Crippen LogP contribution in [-0.2, 0) is 14.8 Å². The van der Waals surface area contributed by atoms with Gasteiger partial charge in [-0.15, -0.1) is 10.2 Å². The van der Waals surface area contributed by atoms with Crippen LogP contribution in [0.15, 0.2) is 29.2 Å². The lowest BCUT2D eigenvalue weighted by Gasteiger charge is -2.13. The second-order valence-electron chi connectivity index (χ2n) is 4.41. The van der Waals surface area contributed by atoms with Gasteiger partial charge in [0.15, 0.2) is 0 Å². The molecule has 1 amide bonds. The first-order chi connectivity index (χ1) is 10.3. The van der Waals surface area contributed by atoms with E-state index in [0.29, 0.717) is 15.2 Å². The highest BCUT2D eigenvalue weighted by Gasteiger charge is 2.22. The Kier molecular flexibility index (Phi) is 5.12. The molecule has 1 unspecified atom stereocenters. The molecule has 0 fully saturated rings. The molecule has 10 heteroatoms. The van der Waals surface area contributed by atoms with E-state index in [1.807, 2.05) is 0 Å². The van der Waals surface area contributed by atoms with E-state index in [4.69, 9.17) is 11.6 Å². The number of rotatable bonds is 5. The predicted molar refractivity (Wildman–Crippen MR) is 84.5 cm³/mol. The van der Waals surface area contributed by atoms with Gasteiger partial charge in [-0.2, -0.15) is 4.72 Å². The summed E-state index contributed by atoms with van der Waals surface area (Å²) in [6, 6.07) is 4.69. The van der Waals surface area contributed by atoms with Crippen molar-refractivity contribution in [2.45, 2.75) is 24.8 Å². The van der Waals surface area contributed by atoms with Crippen molar-refractivity contribution in [1.82, 2.24) is 14.9 Å². The number of nitrogens with zero attached hydrogens (tertiary/aromatic N) is 2. The molecule has 22 heavy (non-hydrogen) atoms. The molecule has 1 atom stereocenters. The molecular formula is C12H13ClN4O3S2. The minimum Gasteiger partial charge on any atom is -0.299 e. The largest absolute Gasteiger partial charge is 0.299 e. The average Bonchev–Trinajstić information content (AvgIpc) is 2.84. The van der Waals surface area contributed by atoms with Crippen LogP contribution in [0, 0.1) is 6.92 Å². The zero-order chi connectivity index (χ0) is 16.3. The van der Waals surface area contributed by atoms with Gasteiger partial charge in [-0.25, -0.2) is 8.42 Å². The van der Waals surface area contributed by atoms with Gasteiger partial charge in [-0.05, 0) is 38.1 Å². The number of carbonyl (C=O) groups is 1. The molecule has 1 aromatic carbocycles. The Morgan fingerprint density at radius 3 is 2.45 bits per heavy atom. The molecule has 0 aliphatic rings. The number of benzene rings is 1.